The molecule has 0 rings (SSSR count). The number of hydrogen-bond acceptors (Lipinski definition) is 3. The Hall–Kier alpha value is 1.03. The van der Waals surface area contributed by atoms with E-state index >= 15 is 0 Å². The van der Waals surface area contributed by atoms with Gasteiger partial charge in [0.05, 0.1) is 6.61 Å². The van der Waals surface area contributed by atoms with Crippen molar-refractivity contribution in [2.24, 2.45) is 0 Å². The molecule has 1 atom stereocenters. The first kappa shape index (κ1) is 11.8. The van der Waals surface area contributed by atoms with Gasteiger partial charge >= 0.3 is 5.97 Å². The van der Waals surface area contributed by atoms with Crippen molar-refractivity contribution >= 4 is 57.4 Å². The smallest absolute Gasteiger partial charge is 0.334 e. The van der Waals surface area contributed by atoms with Crippen molar-refractivity contribution in [2.75, 3.05) is 6.61 Å². The molecular formula is C3H6KO4. The fraction of sp³-hybridized carbons (Fsp3) is 0.667. The van der Waals surface area contributed by atoms with E-state index in [0.717, 1.165) is 0 Å². The molecule has 0 aromatic carbocycles. The van der Waals surface area contributed by atoms with E-state index in [1.807, 2.05) is 0 Å². The second kappa shape index (κ2) is 6.15. The molecule has 1 radical (unpaired) electrons. The van der Waals surface area contributed by atoms with Crippen LogP contribution in [0.1, 0.15) is 0 Å². The Bertz CT molecular complexity index is 73.7. The molecular weight excluding hydrogens is 139 g/mol. The van der Waals surface area contributed by atoms with Gasteiger partial charge in [0.1, 0.15) is 0 Å². The van der Waals surface area contributed by atoms with Crippen molar-refractivity contribution < 1.29 is 20.1 Å². The van der Waals surface area contributed by atoms with Gasteiger partial charge in [0.25, 0.3) is 0 Å². The average molecular weight is 145 g/mol. The number of aliphatic carboxylic acids is 1. The summed E-state index contributed by atoms with van der Waals surface area (Å²) in [6.07, 6.45) is -1.63. The molecule has 1 unspecified atom stereocenters. The molecule has 0 amide bonds. The van der Waals surface area contributed by atoms with Crippen molar-refractivity contribution in [3.05, 3.63) is 0 Å². The van der Waals surface area contributed by atoms with Crippen LogP contribution in [0, 0.1) is 0 Å². The van der Waals surface area contributed by atoms with Crippen LogP contribution in [0.15, 0.2) is 0 Å². The predicted molar refractivity (Wildman–Crippen MR) is 26.5 cm³/mol. The van der Waals surface area contributed by atoms with Crippen LogP contribution in [0.3, 0.4) is 0 Å². The number of carboxylic acids is 1. The molecule has 0 bridgehead atoms. The Morgan fingerprint density at radius 1 is 1.62 bits per heavy atom. The number of rotatable bonds is 2. The van der Waals surface area contributed by atoms with Crippen LogP contribution < -0.4 is 0 Å². The van der Waals surface area contributed by atoms with Gasteiger partial charge in [-0.3, -0.25) is 0 Å². The van der Waals surface area contributed by atoms with E-state index in [4.69, 9.17) is 15.3 Å². The fourth-order valence-corrected chi connectivity index (χ4v) is 0.0781. The zero-order valence-corrected chi connectivity index (χ0v) is 7.66. The molecule has 5 heteroatoms. The SMILES string of the molecule is O=C(O)C(O)CO.[K]. The third-order valence-electron chi connectivity index (χ3n) is 0.458. The summed E-state index contributed by atoms with van der Waals surface area (Å²) in [7, 11) is 0. The van der Waals surface area contributed by atoms with Gasteiger partial charge in [0, 0.05) is 51.4 Å². The first-order valence-corrected chi connectivity index (χ1v) is 1.70. The van der Waals surface area contributed by atoms with Gasteiger partial charge in [-0.15, -0.1) is 0 Å². The number of hydrogen-bond donors (Lipinski definition) is 3. The minimum absolute atomic E-state index is 0. The molecule has 0 heterocycles. The van der Waals surface area contributed by atoms with Crippen LogP contribution in [0.5, 0.6) is 0 Å². The number of carboxylic acid groups (broad SMARTS) is 1. The third-order valence-corrected chi connectivity index (χ3v) is 0.458. The Morgan fingerprint density at radius 3 is 2.00 bits per heavy atom. The summed E-state index contributed by atoms with van der Waals surface area (Å²) in [5, 5.41) is 23.7. The van der Waals surface area contributed by atoms with Gasteiger partial charge in [0.15, 0.2) is 6.10 Å². The Labute approximate surface area is 88.9 Å². The minimum atomic E-state index is -1.63. The van der Waals surface area contributed by atoms with Gasteiger partial charge in [-0.2, -0.15) is 0 Å². The van der Waals surface area contributed by atoms with E-state index in [0.29, 0.717) is 0 Å². The van der Waals surface area contributed by atoms with E-state index in [-0.39, 0.29) is 51.4 Å². The maximum absolute atomic E-state index is 9.52. The Morgan fingerprint density at radius 2 is 2.00 bits per heavy atom. The maximum Gasteiger partial charge on any atom is 0.334 e. The fourth-order valence-electron chi connectivity index (χ4n) is 0.0781. The molecule has 4 nitrogen and oxygen atoms in total. The molecule has 0 aromatic rings. The summed E-state index contributed by atoms with van der Waals surface area (Å²) >= 11 is 0. The molecule has 43 valence electrons. The Balaban J connectivity index is 0. The first-order chi connectivity index (χ1) is 3.18. The number of carbonyl (C=O) groups is 1. The second-order valence-corrected chi connectivity index (χ2v) is 1.04. The third kappa shape index (κ3) is 5.17. The minimum Gasteiger partial charge on any atom is -0.479 e. The van der Waals surface area contributed by atoms with Crippen molar-refractivity contribution in [1.29, 1.82) is 0 Å². The quantitative estimate of drug-likeness (QED) is 0.394. The molecule has 0 saturated carbocycles. The zero-order chi connectivity index (χ0) is 5.86. The standard InChI is InChI=1S/C3H6O4.K/c4-1-2(5)3(6)7;/h2,4-5H,1H2,(H,6,7);. The Kier molecular flexibility index (Phi) is 9.06. The van der Waals surface area contributed by atoms with E-state index in [1.165, 1.54) is 0 Å². The van der Waals surface area contributed by atoms with Gasteiger partial charge in [-0.05, 0) is 0 Å². The van der Waals surface area contributed by atoms with Crippen molar-refractivity contribution in [2.45, 2.75) is 6.10 Å². The van der Waals surface area contributed by atoms with E-state index in [9.17, 15) is 4.79 Å². The summed E-state index contributed by atoms with van der Waals surface area (Å²) in [5.74, 6) is -1.40. The summed E-state index contributed by atoms with van der Waals surface area (Å²) in [6, 6.07) is 0. The second-order valence-electron chi connectivity index (χ2n) is 1.04. The summed E-state index contributed by atoms with van der Waals surface area (Å²) in [4.78, 5) is 9.52. The molecule has 0 aliphatic heterocycles. The molecule has 3 N–H and O–H groups in total. The van der Waals surface area contributed by atoms with Crippen molar-refractivity contribution in [1.82, 2.24) is 0 Å². The normalized spacial score (nSPS) is 11.8. The van der Waals surface area contributed by atoms with Crippen molar-refractivity contribution in [3.8, 4) is 0 Å². The van der Waals surface area contributed by atoms with Gasteiger partial charge < -0.3 is 15.3 Å². The van der Waals surface area contributed by atoms with Crippen LogP contribution in [0.25, 0.3) is 0 Å². The van der Waals surface area contributed by atoms with E-state index in [2.05, 4.69) is 0 Å². The van der Waals surface area contributed by atoms with Crippen LogP contribution >= 0.6 is 0 Å². The summed E-state index contributed by atoms with van der Waals surface area (Å²) in [5.41, 5.74) is 0. The van der Waals surface area contributed by atoms with E-state index in [1.54, 1.807) is 0 Å². The summed E-state index contributed by atoms with van der Waals surface area (Å²) < 4.78 is 0. The topological polar surface area (TPSA) is 77.8 Å². The summed E-state index contributed by atoms with van der Waals surface area (Å²) in [6.45, 7) is -0.727. The molecule has 0 aromatic heterocycles. The molecule has 0 saturated heterocycles. The molecule has 0 aliphatic rings. The van der Waals surface area contributed by atoms with E-state index < -0.39 is 18.7 Å². The number of aliphatic hydroxyl groups is 2. The molecule has 0 fully saturated rings. The van der Waals surface area contributed by atoms with Crippen LogP contribution in [0.4, 0.5) is 0 Å². The van der Waals surface area contributed by atoms with Gasteiger partial charge in [-0.1, -0.05) is 0 Å². The first-order valence-electron chi connectivity index (χ1n) is 1.70. The van der Waals surface area contributed by atoms with Crippen LogP contribution in [-0.2, 0) is 4.79 Å². The van der Waals surface area contributed by atoms with Crippen LogP contribution in [0.2, 0.25) is 0 Å². The van der Waals surface area contributed by atoms with Gasteiger partial charge in [0.2, 0.25) is 0 Å². The predicted octanol–water partition coefficient (Wildman–Crippen LogP) is -1.96. The van der Waals surface area contributed by atoms with Crippen LogP contribution in [-0.4, -0.2) is 85.4 Å². The molecule has 8 heavy (non-hydrogen) atoms. The van der Waals surface area contributed by atoms with Gasteiger partial charge in [-0.25, -0.2) is 4.79 Å². The maximum atomic E-state index is 9.52. The number of aliphatic hydroxyl groups excluding tert-OH is 2. The average Bonchev–Trinajstić information content (AvgIpc) is 1.65. The van der Waals surface area contributed by atoms with Crippen molar-refractivity contribution in [3.63, 3.8) is 0 Å². The monoisotopic (exact) mass is 145 g/mol. The molecule has 0 aliphatic carbocycles. The zero-order valence-electron chi connectivity index (χ0n) is 4.53. The molecule has 0 spiro atoms. The largest absolute Gasteiger partial charge is 0.479 e.